The van der Waals surface area contributed by atoms with Crippen molar-refractivity contribution in [2.45, 2.75) is 42.4 Å². The fraction of sp³-hybridized carbons (Fsp3) is 0.216. The minimum absolute atomic E-state index is 0.0500. The summed E-state index contributed by atoms with van der Waals surface area (Å²) in [5.41, 5.74) is 0.859. The van der Waals surface area contributed by atoms with Gasteiger partial charge >= 0.3 is 12.1 Å². The highest BCUT2D eigenvalue weighted by atomic mass is 16.6. The Hall–Kier alpha value is -7.72. The van der Waals surface area contributed by atoms with E-state index in [2.05, 4.69) is 5.32 Å². The molecule has 0 radical (unpaired) electrons. The number of carbonyl (C=O) groups excluding carboxylic acids is 4. The number of para-hydroxylation sites is 1. The van der Waals surface area contributed by atoms with E-state index in [1.807, 2.05) is 65.6 Å². The minimum atomic E-state index is -2.08. The minimum Gasteiger partial charge on any atom is -0.491 e. The van der Waals surface area contributed by atoms with Gasteiger partial charge in [0.1, 0.15) is 36.5 Å². The van der Waals surface area contributed by atoms with Gasteiger partial charge in [0, 0.05) is 18.7 Å². The first-order valence-corrected chi connectivity index (χ1v) is 21.4. The molecule has 3 N–H and O–H groups in total. The van der Waals surface area contributed by atoms with Gasteiger partial charge in [0.2, 0.25) is 11.8 Å². The summed E-state index contributed by atoms with van der Waals surface area (Å²) < 4.78 is 18.2. The van der Waals surface area contributed by atoms with Crippen LogP contribution in [0.1, 0.15) is 57.7 Å². The fourth-order valence-electron chi connectivity index (χ4n) is 9.81. The second-order valence-electron chi connectivity index (χ2n) is 16.2. The Morgan fingerprint density at radius 2 is 1.42 bits per heavy atom. The molecule has 0 aromatic heterocycles. The highest BCUT2D eigenvalue weighted by Gasteiger charge is 2.75. The Morgan fingerprint density at radius 3 is 2.11 bits per heavy atom. The lowest BCUT2D eigenvalue weighted by Crippen LogP contribution is -2.56. The zero-order valence-corrected chi connectivity index (χ0v) is 35.3. The van der Waals surface area contributed by atoms with Crippen LogP contribution in [-0.2, 0) is 35.9 Å². The number of hydrogen-bond donors (Lipinski definition) is 3. The Balaban J connectivity index is 1.25. The topological polar surface area (TPSA) is 198 Å². The number of non-ortho nitro benzene ring substituents is 1. The number of nitrogens with one attached hydrogen (secondary N) is 1. The third kappa shape index (κ3) is 7.72. The molecule has 7 unspecified atom stereocenters. The summed E-state index contributed by atoms with van der Waals surface area (Å²) in [5, 5.41) is 35.3. The summed E-state index contributed by atoms with van der Waals surface area (Å²) in [6, 6.07) is 42.5. The van der Waals surface area contributed by atoms with Gasteiger partial charge in [-0.1, -0.05) is 121 Å². The number of cyclic esters (lactones) is 1. The molecule has 66 heavy (non-hydrogen) atoms. The number of morpholine rings is 1. The average molecular weight is 889 g/mol. The molecule has 6 aromatic carbocycles. The van der Waals surface area contributed by atoms with Crippen molar-refractivity contribution in [1.29, 1.82) is 0 Å². The Kier molecular flexibility index (Phi) is 12.1. The Bertz CT molecular complexity index is 2760. The van der Waals surface area contributed by atoms with E-state index >= 15 is 14.4 Å². The van der Waals surface area contributed by atoms with Crippen LogP contribution in [-0.4, -0.2) is 69.7 Å². The number of benzene rings is 6. The molecule has 2 saturated heterocycles. The number of anilines is 1. The number of nitro groups is 1. The van der Waals surface area contributed by atoms with Crippen molar-refractivity contribution < 1.29 is 48.5 Å². The molecule has 0 aliphatic carbocycles. The second-order valence-corrected chi connectivity index (χ2v) is 16.2. The molecule has 15 heteroatoms. The molecule has 0 bridgehead atoms. The SMILES string of the molecule is O=C1OC(c2ccccc2)C(c2ccccc2)N2C1C(C(=O)NCC(O)c1ccccc1)C1(C(=O)N(C(=O)OCc3ccc([N+](=O)[O-])cc3)c3ccccc31)C2c1cccc(OCCO)c1. The van der Waals surface area contributed by atoms with Gasteiger partial charge in [-0.3, -0.25) is 29.4 Å². The van der Waals surface area contributed by atoms with Crippen molar-refractivity contribution in [3.05, 3.63) is 207 Å². The highest BCUT2D eigenvalue weighted by molar-refractivity contribution is 6.23. The highest BCUT2D eigenvalue weighted by Crippen LogP contribution is 2.66. The molecule has 1 spiro atoms. The number of fused-ring (bicyclic) bond motifs is 3. The molecular weight excluding hydrogens is 845 g/mol. The average Bonchev–Trinajstić information content (AvgIpc) is 3.81. The van der Waals surface area contributed by atoms with Crippen LogP contribution in [0.2, 0.25) is 0 Å². The van der Waals surface area contributed by atoms with E-state index in [1.54, 1.807) is 78.9 Å². The largest absolute Gasteiger partial charge is 0.491 e. The molecule has 9 rings (SSSR count). The van der Waals surface area contributed by atoms with Crippen molar-refractivity contribution in [2.24, 2.45) is 5.92 Å². The van der Waals surface area contributed by atoms with Gasteiger partial charge in [-0.05, 0) is 63.7 Å². The fourth-order valence-corrected chi connectivity index (χ4v) is 9.81. The van der Waals surface area contributed by atoms with Gasteiger partial charge < -0.3 is 29.7 Å². The maximum Gasteiger partial charge on any atom is 0.421 e. The van der Waals surface area contributed by atoms with Gasteiger partial charge in [0.15, 0.2) is 0 Å². The predicted octanol–water partition coefficient (Wildman–Crippen LogP) is 6.82. The zero-order valence-electron chi connectivity index (χ0n) is 35.3. The van der Waals surface area contributed by atoms with Crippen LogP contribution in [0.4, 0.5) is 16.2 Å². The van der Waals surface area contributed by atoms with Crippen LogP contribution in [0, 0.1) is 16.0 Å². The molecule has 6 aromatic rings. The van der Waals surface area contributed by atoms with Crippen LogP contribution < -0.4 is 15.0 Å². The summed E-state index contributed by atoms with van der Waals surface area (Å²) in [6.07, 6.45) is -3.22. The first kappa shape index (κ1) is 43.5. The number of aliphatic hydroxyl groups excluding tert-OH is 2. The van der Waals surface area contributed by atoms with E-state index in [-0.39, 0.29) is 43.3 Å². The van der Waals surface area contributed by atoms with E-state index in [9.17, 15) is 25.1 Å². The summed E-state index contributed by atoms with van der Waals surface area (Å²) in [6.45, 7) is -0.990. The van der Waals surface area contributed by atoms with Crippen LogP contribution >= 0.6 is 0 Å². The molecule has 3 aliphatic heterocycles. The van der Waals surface area contributed by atoms with Crippen LogP contribution in [0.3, 0.4) is 0 Å². The number of nitro benzene ring substituents is 1. The summed E-state index contributed by atoms with van der Waals surface area (Å²) in [4.78, 5) is 75.0. The molecule has 15 nitrogen and oxygen atoms in total. The molecule has 3 heterocycles. The zero-order chi connectivity index (χ0) is 46.0. The van der Waals surface area contributed by atoms with Crippen LogP contribution in [0.5, 0.6) is 5.75 Å². The quantitative estimate of drug-likeness (QED) is 0.0623. The van der Waals surface area contributed by atoms with E-state index in [1.165, 1.54) is 24.3 Å². The molecular formula is C51H44N4O11. The molecule has 334 valence electrons. The normalized spacial score (nSPS) is 22.5. The Labute approximate surface area is 378 Å². The van der Waals surface area contributed by atoms with E-state index in [0.29, 0.717) is 33.6 Å². The maximum absolute atomic E-state index is 16.2. The summed E-state index contributed by atoms with van der Waals surface area (Å²) in [7, 11) is 0. The lowest BCUT2D eigenvalue weighted by atomic mass is 9.65. The van der Waals surface area contributed by atoms with Crippen LogP contribution in [0.15, 0.2) is 164 Å². The number of hydrogen-bond acceptors (Lipinski definition) is 12. The summed E-state index contributed by atoms with van der Waals surface area (Å²) >= 11 is 0. The van der Waals surface area contributed by atoms with Gasteiger partial charge in [0.25, 0.3) is 5.69 Å². The van der Waals surface area contributed by atoms with Crippen molar-refractivity contribution in [3.63, 3.8) is 0 Å². The lowest BCUT2D eigenvalue weighted by Gasteiger charge is -2.46. The van der Waals surface area contributed by atoms with Gasteiger partial charge in [0.05, 0.1) is 41.3 Å². The number of rotatable bonds is 13. The van der Waals surface area contributed by atoms with Gasteiger partial charge in [-0.15, -0.1) is 0 Å². The molecule has 7 atom stereocenters. The van der Waals surface area contributed by atoms with Gasteiger partial charge in [-0.2, -0.15) is 0 Å². The third-order valence-electron chi connectivity index (χ3n) is 12.5. The van der Waals surface area contributed by atoms with Gasteiger partial charge in [-0.25, -0.2) is 9.69 Å². The van der Waals surface area contributed by atoms with E-state index < -0.39 is 70.5 Å². The van der Waals surface area contributed by atoms with Crippen molar-refractivity contribution in [3.8, 4) is 5.75 Å². The summed E-state index contributed by atoms with van der Waals surface area (Å²) in [5.74, 6) is -3.69. The smallest absolute Gasteiger partial charge is 0.421 e. The maximum atomic E-state index is 16.2. The molecule has 2 fully saturated rings. The number of aliphatic hydroxyl groups is 2. The van der Waals surface area contributed by atoms with Crippen molar-refractivity contribution in [2.75, 3.05) is 24.7 Å². The number of ether oxygens (including phenoxy) is 3. The number of esters is 1. The van der Waals surface area contributed by atoms with Crippen molar-refractivity contribution >= 4 is 35.3 Å². The molecule has 3 amide bonds. The van der Waals surface area contributed by atoms with Crippen molar-refractivity contribution in [1.82, 2.24) is 10.2 Å². The molecule has 3 aliphatic rings. The van der Waals surface area contributed by atoms with E-state index in [4.69, 9.17) is 14.2 Å². The number of carbonyl (C=O) groups is 4. The third-order valence-corrected chi connectivity index (χ3v) is 12.5. The standard InChI is InChI=1S/C51H44N4O11/c56-27-28-64-38-20-12-19-36(29-38)46-51(39-21-10-11-22-40(39)53(49(51)60)50(61)65-31-32-23-25-37(26-24-32)55(62)63)42(47(58)52-30-41(57)33-13-4-1-5-14-33)44-48(59)66-45(35-17-8-3-9-18-35)43(54(44)46)34-15-6-2-7-16-34/h1-26,29,41-46,56-57H,27-28,30-31H2,(H,52,58). The second kappa shape index (κ2) is 18.4. The van der Waals surface area contributed by atoms with Crippen LogP contribution in [0.25, 0.3) is 0 Å². The number of amides is 3. The lowest BCUT2D eigenvalue weighted by molar-refractivity contribution is -0.384. The van der Waals surface area contributed by atoms with E-state index in [0.717, 1.165) is 4.90 Å². The first-order valence-electron chi connectivity index (χ1n) is 21.4. The Morgan fingerprint density at radius 1 is 0.788 bits per heavy atom. The molecule has 0 saturated carbocycles. The predicted molar refractivity (Wildman–Crippen MR) is 239 cm³/mol. The monoisotopic (exact) mass is 888 g/mol. The number of nitrogens with zero attached hydrogens (tertiary/aromatic N) is 3. The number of imide groups is 1. The first-order chi connectivity index (χ1) is 32.1.